The Morgan fingerprint density at radius 3 is 2.54 bits per heavy atom. The highest BCUT2D eigenvalue weighted by molar-refractivity contribution is 7.89. The molecule has 1 heterocycles. The third-order valence-electron chi connectivity index (χ3n) is 4.82. The molecule has 1 aliphatic heterocycles. The maximum atomic E-state index is 12.8. The Labute approximate surface area is 166 Å². The summed E-state index contributed by atoms with van der Waals surface area (Å²) in [5.41, 5.74) is 2.00. The van der Waals surface area contributed by atoms with Crippen LogP contribution in [0.25, 0.3) is 0 Å². The van der Waals surface area contributed by atoms with Crippen molar-refractivity contribution in [1.82, 2.24) is 4.31 Å². The Kier molecular flexibility index (Phi) is 6.36. The normalized spacial score (nSPS) is 15.2. The van der Waals surface area contributed by atoms with E-state index in [1.165, 1.54) is 16.4 Å². The third kappa shape index (κ3) is 4.54. The Morgan fingerprint density at radius 1 is 1.07 bits per heavy atom. The van der Waals surface area contributed by atoms with Crippen LogP contribution in [-0.4, -0.2) is 38.9 Å². The van der Waals surface area contributed by atoms with Crippen LogP contribution in [0, 0.1) is 6.92 Å². The van der Waals surface area contributed by atoms with Gasteiger partial charge in [0.25, 0.3) is 0 Å². The minimum Gasteiger partial charge on any atom is -0.496 e. The molecule has 0 bridgehead atoms. The van der Waals surface area contributed by atoms with Crippen LogP contribution in [0.15, 0.2) is 47.4 Å². The number of methoxy groups -OCH3 is 1. The number of benzene rings is 2. The first-order chi connectivity index (χ1) is 13.4. The monoisotopic (exact) mass is 403 g/mol. The molecule has 0 atom stereocenters. The molecule has 0 N–H and O–H groups in total. The van der Waals surface area contributed by atoms with Crippen molar-refractivity contribution in [3.8, 4) is 5.75 Å². The lowest BCUT2D eigenvalue weighted by molar-refractivity contribution is 0.0470. The maximum absolute atomic E-state index is 12.8. The number of hydrogen-bond donors (Lipinski definition) is 0. The number of aryl methyl sites for hydroxylation is 1. The first-order valence-electron chi connectivity index (χ1n) is 9.32. The lowest BCUT2D eigenvalue weighted by Crippen LogP contribution is -2.35. The zero-order valence-electron chi connectivity index (χ0n) is 16.2. The van der Waals surface area contributed by atoms with Gasteiger partial charge in [0.1, 0.15) is 12.4 Å². The van der Waals surface area contributed by atoms with E-state index in [2.05, 4.69) is 0 Å². The number of ether oxygens (including phenoxy) is 2. The predicted octanol–water partition coefficient (Wildman–Crippen LogP) is 3.54. The van der Waals surface area contributed by atoms with E-state index in [1.807, 2.05) is 25.1 Å². The molecular formula is C21H25NO5S. The van der Waals surface area contributed by atoms with E-state index in [4.69, 9.17) is 9.47 Å². The minimum atomic E-state index is -3.60. The summed E-state index contributed by atoms with van der Waals surface area (Å²) in [6.07, 6.45) is 2.76. The van der Waals surface area contributed by atoms with Crippen molar-refractivity contribution in [2.75, 3.05) is 20.2 Å². The molecule has 0 spiro atoms. The molecule has 1 aliphatic rings. The molecule has 0 unspecified atom stereocenters. The molecule has 7 heteroatoms. The molecule has 0 amide bonds. The summed E-state index contributed by atoms with van der Waals surface area (Å²) in [6, 6.07) is 11.7. The van der Waals surface area contributed by atoms with E-state index in [0.29, 0.717) is 18.8 Å². The number of piperidine rings is 1. The molecule has 1 fully saturated rings. The van der Waals surface area contributed by atoms with Crippen LogP contribution in [-0.2, 0) is 21.4 Å². The van der Waals surface area contributed by atoms with Gasteiger partial charge >= 0.3 is 5.97 Å². The Hall–Kier alpha value is -2.38. The van der Waals surface area contributed by atoms with Gasteiger partial charge < -0.3 is 9.47 Å². The number of carbonyl (C=O) groups is 1. The van der Waals surface area contributed by atoms with Crippen LogP contribution < -0.4 is 4.74 Å². The first kappa shape index (κ1) is 20.4. The molecule has 6 nitrogen and oxygen atoms in total. The molecular weight excluding hydrogens is 378 g/mol. The largest absolute Gasteiger partial charge is 0.496 e. The van der Waals surface area contributed by atoms with Gasteiger partial charge in [-0.25, -0.2) is 13.2 Å². The summed E-state index contributed by atoms with van der Waals surface area (Å²) in [5, 5.41) is 0. The van der Waals surface area contributed by atoms with E-state index in [-0.39, 0.29) is 17.1 Å². The molecule has 1 saturated heterocycles. The molecule has 0 saturated carbocycles. The lowest BCUT2D eigenvalue weighted by Gasteiger charge is -2.25. The van der Waals surface area contributed by atoms with Crippen molar-refractivity contribution >= 4 is 16.0 Å². The van der Waals surface area contributed by atoms with E-state index in [0.717, 1.165) is 30.4 Å². The van der Waals surface area contributed by atoms with Crippen LogP contribution >= 0.6 is 0 Å². The van der Waals surface area contributed by atoms with Crippen LogP contribution in [0.1, 0.15) is 40.7 Å². The molecule has 3 rings (SSSR count). The summed E-state index contributed by atoms with van der Waals surface area (Å²) in [6.45, 7) is 3.03. The number of sulfonamides is 1. The molecule has 2 aromatic rings. The average molecular weight is 404 g/mol. The zero-order valence-corrected chi connectivity index (χ0v) is 17.0. The number of esters is 1. The first-order valence-corrected chi connectivity index (χ1v) is 10.8. The summed E-state index contributed by atoms with van der Waals surface area (Å²) < 4.78 is 37.8. The summed E-state index contributed by atoms with van der Waals surface area (Å²) >= 11 is 0. The second-order valence-corrected chi connectivity index (χ2v) is 8.82. The van der Waals surface area contributed by atoms with Gasteiger partial charge in [0.15, 0.2) is 0 Å². The van der Waals surface area contributed by atoms with E-state index in [1.54, 1.807) is 19.2 Å². The fourth-order valence-corrected chi connectivity index (χ4v) is 4.85. The van der Waals surface area contributed by atoms with Gasteiger partial charge in [0, 0.05) is 18.7 Å². The number of hydrogen-bond acceptors (Lipinski definition) is 5. The van der Waals surface area contributed by atoms with Gasteiger partial charge in [-0.3, -0.25) is 0 Å². The van der Waals surface area contributed by atoms with Crippen molar-refractivity contribution in [1.29, 1.82) is 0 Å². The van der Waals surface area contributed by atoms with Crippen LogP contribution in [0.2, 0.25) is 0 Å². The standard InChI is InChI=1S/C21H25NO5S/c1-16-9-10-20(26-2)18(13-16)15-27-21(23)17-7-6-8-19(14-17)28(24,25)22-11-4-3-5-12-22/h6-10,13-14H,3-5,11-12,15H2,1-2H3. The van der Waals surface area contributed by atoms with Gasteiger partial charge in [-0.05, 0) is 50.1 Å². The molecule has 0 aromatic heterocycles. The molecule has 0 aliphatic carbocycles. The topological polar surface area (TPSA) is 72.9 Å². The smallest absolute Gasteiger partial charge is 0.338 e. The van der Waals surface area contributed by atoms with Gasteiger partial charge in [0.2, 0.25) is 10.0 Å². The molecule has 2 aromatic carbocycles. The number of nitrogens with zero attached hydrogens (tertiary/aromatic N) is 1. The van der Waals surface area contributed by atoms with Crippen molar-refractivity contribution in [3.05, 3.63) is 59.2 Å². The van der Waals surface area contributed by atoms with Crippen molar-refractivity contribution in [3.63, 3.8) is 0 Å². The SMILES string of the molecule is COc1ccc(C)cc1COC(=O)c1cccc(S(=O)(=O)N2CCCCC2)c1. The molecule has 150 valence electrons. The highest BCUT2D eigenvalue weighted by atomic mass is 32.2. The second kappa shape index (κ2) is 8.75. The van der Waals surface area contributed by atoms with Crippen molar-refractivity contribution in [2.45, 2.75) is 37.7 Å². The highest BCUT2D eigenvalue weighted by Crippen LogP contribution is 2.23. The summed E-state index contributed by atoms with van der Waals surface area (Å²) in [5.74, 6) is 0.0686. The maximum Gasteiger partial charge on any atom is 0.338 e. The van der Waals surface area contributed by atoms with Gasteiger partial charge in [-0.1, -0.05) is 24.1 Å². The fourth-order valence-electron chi connectivity index (χ4n) is 3.28. The summed E-state index contributed by atoms with van der Waals surface area (Å²) in [7, 11) is -2.04. The van der Waals surface area contributed by atoms with E-state index in [9.17, 15) is 13.2 Å². The minimum absolute atomic E-state index is 0.0484. The fraction of sp³-hybridized carbons (Fsp3) is 0.381. The van der Waals surface area contributed by atoms with Crippen LogP contribution in [0.4, 0.5) is 0 Å². The average Bonchev–Trinajstić information content (AvgIpc) is 2.73. The Morgan fingerprint density at radius 2 is 1.82 bits per heavy atom. The number of rotatable bonds is 6. The Bertz CT molecular complexity index is 949. The van der Waals surface area contributed by atoms with Gasteiger partial charge in [-0.2, -0.15) is 4.31 Å². The van der Waals surface area contributed by atoms with Crippen LogP contribution in [0.3, 0.4) is 0 Å². The van der Waals surface area contributed by atoms with Gasteiger partial charge in [0.05, 0.1) is 17.6 Å². The second-order valence-electron chi connectivity index (χ2n) is 6.88. The van der Waals surface area contributed by atoms with E-state index >= 15 is 0 Å². The summed E-state index contributed by atoms with van der Waals surface area (Å²) in [4.78, 5) is 12.6. The lowest BCUT2D eigenvalue weighted by atomic mass is 10.1. The van der Waals surface area contributed by atoms with E-state index < -0.39 is 16.0 Å². The van der Waals surface area contributed by atoms with Gasteiger partial charge in [-0.15, -0.1) is 0 Å². The zero-order chi connectivity index (χ0) is 20.1. The predicted molar refractivity (Wildman–Crippen MR) is 106 cm³/mol. The highest BCUT2D eigenvalue weighted by Gasteiger charge is 2.26. The quantitative estimate of drug-likeness (QED) is 0.690. The molecule has 28 heavy (non-hydrogen) atoms. The number of carbonyl (C=O) groups excluding carboxylic acids is 1. The Balaban J connectivity index is 1.75. The van der Waals surface area contributed by atoms with Crippen molar-refractivity contribution in [2.24, 2.45) is 0 Å². The van der Waals surface area contributed by atoms with Crippen LogP contribution in [0.5, 0.6) is 5.75 Å². The van der Waals surface area contributed by atoms with Crippen molar-refractivity contribution < 1.29 is 22.7 Å². The molecule has 0 radical (unpaired) electrons. The third-order valence-corrected chi connectivity index (χ3v) is 6.71.